The minimum absolute atomic E-state index is 0.0272. The highest BCUT2D eigenvalue weighted by Gasteiger charge is 2.05. The largest absolute Gasteiger partial charge is 0.395 e. The zero-order valence-corrected chi connectivity index (χ0v) is 11.5. The Morgan fingerprint density at radius 1 is 1.38 bits per heavy atom. The van der Waals surface area contributed by atoms with Crippen molar-refractivity contribution in [3.63, 3.8) is 0 Å². The third kappa shape index (κ3) is 4.75. The van der Waals surface area contributed by atoms with E-state index in [0.29, 0.717) is 25.1 Å². The van der Waals surface area contributed by atoms with Crippen LogP contribution >= 0.6 is 0 Å². The first-order valence-electron chi connectivity index (χ1n) is 6.62. The highest BCUT2D eigenvalue weighted by atomic mass is 16.2. The number of aryl methyl sites for hydroxylation is 1. The Kier molecular flexibility index (Phi) is 5.50. The van der Waals surface area contributed by atoms with Crippen LogP contribution in [0.5, 0.6) is 0 Å². The summed E-state index contributed by atoms with van der Waals surface area (Å²) < 4.78 is 1.60. The van der Waals surface area contributed by atoms with Crippen molar-refractivity contribution in [2.45, 2.75) is 19.4 Å². The molecule has 0 saturated carbocycles. The lowest BCUT2D eigenvalue weighted by Gasteiger charge is -2.07. The minimum atomic E-state index is -0.109. The summed E-state index contributed by atoms with van der Waals surface area (Å²) in [7, 11) is 0. The van der Waals surface area contributed by atoms with Crippen LogP contribution in [-0.4, -0.2) is 32.6 Å². The molecule has 0 spiro atoms. The Hall–Kier alpha value is -2.65. The van der Waals surface area contributed by atoms with Crippen molar-refractivity contribution >= 4 is 11.6 Å². The average molecular weight is 284 g/mol. The van der Waals surface area contributed by atoms with E-state index >= 15 is 0 Å². The molecule has 0 radical (unpaired) electrons. The van der Waals surface area contributed by atoms with Crippen molar-refractivity contribution in [2.24, 2.45) is 0 Å². The molecule has 108 valence electrons. The van der Waals surface area contributed by atoms with Gasteiger partial charge in [0.2, 0.25) is 5.91 Å². The first kappa shape index (κ1) is 14.8. The Bertz CT molecular complexity index is 641. The minimum Gasteiger partial charge on any atom is -0.395 e. The van der Waals surface area contributed by atoms with Crippen LogP contribution in [0, 0.1) is 11.8 Å². The molecule has 1 aromatic heterocycles. The van der Waals surface area contributed by atoms with Gasteiger partial charge >= 0.3 is 0 Å². The Morgan fingerprint density at radius 3 is 3.00 bits per heavy atom. The second-order valence-corrected chi connectivity index (χ2v) is 4.29. The lowest BCUT2D eigenvalue weighted by atomic mass is 10.1. The molecule has 0 aliphatic carbocycles. The van der Waals surface area contributed by atoms with Gasteiger partial charge in [0, 0.05) is 24.6 Å². The maximum atomic E-state index is 11.9. The van der Waals surface area contributed by atoms with Gasteiger partial charge in [-0.15, -0.1) is 5.10 Å². The van der Waals surface area contributed by atoms with Crippen molar-refractivity contribution in [3.05, 3.63) is 42.2 Å². The van der Waals surface area contributed by atoms with Crippen LogP contribution < -0.4 is 5.32 Å². The number of hydrogen-bond donors (Lipinski definition) is 2. The van der Waals surface area contributed by atoms with Crippen molar-refractivity contribution < 1.29 is 9.90 Å². The van der Waals surface area contributed by atoms with E-state index in [1.807, 2.05) is 18.2 Å². The summed E-state index contributed by atoms with van der Waals surface area (Å²) >= 11 is 0. The number of para-hydroxylation sites is 1. The number of aliphatic hydroxyl groups is 1. The van der Waals surface area contributed by atoms with Crippen LogP contribution in [0.3, 0.4) is 0 Å². The topological polar surface area (TPSA) is 80.0 Å². The maximum absolute atomic E-state index is 11.9. The van der Waals surface area contributed by atoms with Crippen molar-refractivity contribution in [3.8, 4) is 11.8 Å². The quantitative estimate of drug-likeness (QED) is 0.804. The van der Waals surface area contributed by atoms with Crippen LogP contribution in [0.2, 0.25) is 0 Å². The van der Waals surface area contributed by atoms with Crippen LogP contribution in [0.4, 0.5) is 5.69 Å². The van der Waals surface area contributed by atoms with Gasteiger partial charge < -0.3 is 10.4 Å². The van der Waals surface area contributed by atoms with Crippen LogP contribution in [-0.2, 0) is 11.3 Å². The molecule has 0 aliphatic rings. The predicted molar refractivity (Wildman–Crippen MR) is 78.3 cm³/mol. The second-order valence-electron chi connectivity index (χ2n) is 4.29. The summed E-state index contributed by atoms with van der Waals surface area (Å²) in [5, 5.41) is 19.1. The van der Waals surface area contributed by atoms with E-state index < -0.39 is 0 Å². The van der Waals surface area contributed by atoms with E-state index in [-0.39, 0.29) is 12.5 Å². The van der Waals surface area contributed by atoms with Gasteiger partial charge in [-0.3, -0.25) is 9.48 Å². The monoisotopic (exact) mass is 284 g/mol. The smallest absolute Gasteiger partial charge is 0.226 e. The van der Waals surface area contributed by atoms with E-state index in [2.05, 4.69) is 27.5 Å². The van der Waals surface area contributed by atoms with Gasteiger partial charge in [0.05, 0.1) is 25.0 Å². The van der Waals surface area contributed by atoms with Gasteiger partial charge in [-0.1, -0.05) is 29.2 Å². The second kappa shape index (κ2) is 7.82. The van der Waals surface area contributed by atoms with Gasteiger partial charge in [-0.2, -0.15) is 0 Å². The highest BCUT2D eigenvalue weighted by Crippen LogP contribution is 2.14. The number of rotatable bonds is 5. The number of carbonyl (C=O) groups excluding carboxylic acids is 1. The molecule has 0 saturated heterocycles. The highest BCUT2D eigenvalue weighted by molar-refractivity contribution is 5.92. The predicted octanol–water partition coefficient (Wildman–Crippen LogP) is 1.04. The van der Waals surface area contributed by atoms with E-state index in [4.69, 9.17) is 5.11 Å². The fourth-order valence-corrected chi connectivity index (χ4v) is 1.70. The van der Waals surface area contributed by atoms with Gasteiger partial charge in [-0.25, -0.2) is 0 Å². The van der Waals surface area contributed by atoms with Gasteiger partial charge in [0.15, 0.2) is 0 Å². The van der Waals surface area contributed by atoms with Crippen molar-refractivity contribution in [2.75, 3.05) is 11.9 Å². The molecule has 0 fully saturated rings. The standard InChI is InChI=1S/C15H16N4O2/c20-12-4-3-6-13-5-1-2-7-14(13)17-15(21)8-10-19-11-9-16-18-19/h1-2,5,7,9,11,20H,4,8,10,12H2,(H,17,21). The lowest BCUT2D eigenvalue weighted by molar-refractivity contribution is -0.116. The lowest BCUT2D eigenvalue weighted by Crippen LogP contribution is -2.15. The third-order valence-corrected chi connectivity index (χ3v) is 2.70. The average Bonchev–Trinajstić information content (AvgIpc) is 3.00. The zero-order chi connectivity index (χ0) is 14.9. The van der Waals surface area contributed by atoms with E-state index in [0.717, 1.165) is 5.56 Å². The Labute approximate surface area is 122 Å². The molecule has 6 nitrogen and oxygen atoms in total. The first-order valence-corrected chi connectivity index (χ1v) is 6.62. The number of nitrogens with one attached hydrogen (secondary N) is 1. The fourth-order valence-electron chi connectivity index (χ4n) is 1.70. The molecule has 0 bridgehead atoms. The number of amides is 1. The molecule has 0 aliphatic heterocycles. The molecule has 2 N–H and O–H groups in total. The Balaban J connectivity index is 1.95. The van der Waals surface area contributed by atoms with E-state index in [9.17, 15) is 4.79 Å². The van der Waals surface area contributed by atoms with E-state index in [1.54, 1.807) is 23.1 Å². The molecule has 0 atom stereocenters. The molecule has 2 rings (SSSR count). The molecular formula is C15H16N4O2. The summed E-state index contributed by atoms with van der Waals surface area (Å²) in [5.41, 5.74) is 1.41. The summed E-state index contributed by atoms with van der Waals surface area (Å²) in [5.74, 6) is 5.67. The zero-order valence-electron chi connectivity index (χ0n) is 11.5. The third-order valence-electron chi connectivity index (χ3n) is 2.70. The summed E-state index contributed by atoms with van der Waals surface area (Å²) in [6, 6.07) is 7.33. The van der Waals surface area contributed by atoms with E-state index in [1.165, 1.54) is 0 Å². The van der Waals surface area contributed by atoms with Gasteiger partial charge in [-0.05, 0) is 12.1 Å². The number of aliphatic hydroxyl groups excluding tert-OH is 1. The molecule has 6 heteroatoms. The number of carbonyl (C=O) groups is 1. The van der Waals surface area contributed by atoms with Crippen LogP contribution in [0.15, 0.2) is 36.7 Å². The molecule has 1 amide bonds. The number of anilines is 1. The fraction of sp³-hybridized carbons (Fsp3) is 0.267. The van der Waals surface area contributed by atoms with Crippen LogP contribution in [0.25, 0.3) is 0 Å². The van der Waals surface area contributed by atoms with Crippen molar-refractivity contribution in [1.29, 1.82) is 0 Å². The molecular weight excluding hydrogens is 268 g/mol. The SMILES string of the molecule is O=C(CCn1ccnn1)Nc1ccccc1C#CCCO. The molecule has 1 heterocycles. The number of nitrogens with zero attached hydrogens (tertiary/aromatic N) is 3. The summed E-state index contributed by atoms with van der Waals surface area (Å²) in [6.07, 6.45) is 4.00. The normalized spacial score (nSPS) is 9.76. The first-order chi connectivity index (χ1) is 10.3. The number of aromatic nitrogens is 3. The summed E-state index contributed by atoms with van der Waals surface area (Å²) in [4.78, 5) is 11.9. The number of hydrogen-bond acceptors (Lipinski definition) is 4. The number of benzene rings is 1. The van der Waals surface area contributed by atoms with Crippen LogP contribution in [0.1, 0.15) is 18.4 Å². The Morgan fingerprint density at radius 2 is 2.24 bits per heavy atom. The molecule has 21 heavy (non-hydrogen) atoms. The summed E-state index contributed by atoms with van der Waals surface area (Å²) in [6.45, 7) is 0.504. The van der Waals surface area contributed by atoms with Gasteiger partial charge in [0.25, 0.3) is 0 Å². The van der Waals surface area contributed by atoms with Gasteiger partial charge in [0.1, 0.15) is 0 Å². The molecule has 1 aromatic carbocycles. The molecule has 0 unspecified atom stereocenters. The molecule has 2 aromatic rings. The van der Waals surface area contributed by atoms with Crippen molar-refractivity contribution in [1.82, 2.24) is 15.0 Å². The maximum Gasteiger partial charge on any atom is 0.226 e.